The second-order valence-electron chi connectivity index (χ2n) is 4.73. The maximum absolute atomic E-state index is 12.1. The Morgan fingerprint density at radius 1 is 1.24 bits per heavy atom. The minimum absolute atomic E-state index is 0.193. The number of nitrogens with one attached hydrogen (secondary N) is 2. The lowest BCUT2D eigenvalue weighted by molar-refractivity contribution is -0.122. The highest BCUT2D eigenvalue weighted by atomic mass is 16.5. The van der Waals surface area contributed by atoms with Gasteiger partial charge in [0.15, 0.2) is 6.10 Å². The molecule has 0 saturated carbocycles. The first kappa shape index (κ1) is 13.2. The number of aromatic nitrogens is 2. The monoisotopic (exact) mass is 281 g/mol. The summed E-state index contributed by atoms with van der Waals surface area (Å²) in [6, 6.07) is 14.8. The number of fused-ring (bicyclic) bond motifs is 1. The highest BCUT2D eigenvalue weighted by Gasteiger charge is 2.14. The molecule has 5 nitrogen and oxygen atoms in total. The molecule has 1 unspecified atom stereocenters. The molecule has 1 amide bonds. The van der Waals surface area contributed by atoms with Gasteiger partial charge < -0.3 is 10.1 Å². The first-order valence-electron chi connectivity index (χ1n) is 6.68. The van der Waals surface area contributed by atoms with Crippen molar-refractivity contribution in [3.63, 3.8) is 0 Å². The summed E-state index contributed by atoms with van der Waals surface area (Å²) in [6.45, 7) is 1.72. The summed E-state index contributed by atoms with van der Waals surface area (Å²) in [4.78, 5) is 12.1. The Balaban J connectivity index is 1.67. The maximum Gasteiger partial charge on any atom is 0.265 e. The molecule has 3 rings (SSSR count). The van der Waals surface area contributed by atoms with Crippen molar-refractivity contribution in [1.29, 1.82) is 0 Å². The van der Waals surface area contributed by atoms with Gasteiger partial charge in [-0.15, -0.1) is 0 Å². The number of benzene rings is 2. The lowest BCUT2D eigenvalue weighted by atomic mass is 10.2. The average molecular weight is 281 g/mol. The van der Waals surface area contributed by atoms with E-state index < -0.39 is 6.10 Å². The molecular weight excluding hydrogens is 266 g/mol. The van der Waals surface area contributed by atoms with Crippen LogP contribution in [0.5, 0.6) is 5.75 Å². The smallest absolute Gasteiger partial charge is 0.265 e. The number of rotatable bonds is 4. The number of H-pyrrole nitrogens is 1. The normalized spacial score (nSPS) is 12.0. The number of aromatic amines is 1. The third-order valence-corrected chi connectivity index (χ3v) is 3.13. The van der Waals surface area contributed by atoms with Crippen LogP contribution < -0.4 is 10.1 Å². The molecule has 0 bridgehead atoms. The first-order chi connectivity index (χ1) is 10.2. The number of hydrogen-bond acceptors (Lipinski definition) is 3. The summed E-state index contributed by atoms with van der Waals surface area (Å²) < 4.78 is 5.59. The van der Waals surface area contributed by atoms with Gasteiger partial charge in [0.25, 0.3) is 5.91 Å². The number of ether oxygens (including phenoxy) is 1. The van der Waals surface area contributed by atoms with Crippen molar-refractivity contribution in [2.45, 2.75) is 13.0 Å². The number of hydrogen-bond donors (Lipinski definition) is 2. The van der Waals surface area contributed by atoms with Gasteiger partial charge in [-0.2, -0.15) is 5.10 Å². The van der Waals surface area contributed by atoms with Crippen LogP contribution in [0.25, 0.3) is 10.9 Å². The van der Waals surface area contributed by atoms with Gasteiger partial charge in [0.05, 0.1) is 11.7 Å². The lowest BCUT2D eigenvalue weighted by Gasteiger charge is -2.14. The number of nitrogens with zero attached hydrogens (tertiary/aromatic N) is 1. The number of anilines is 1. The van der Waals surface area contributed by atoms with Crippen LogP contribution in [0.4, 0.5) is 5.69 Å². The molecule has 3 aromatic rings. The van der Waals surface area contributed by atoms with E-state index in [1.165, 1.54) is 0 Å². The molecule has 0 spiro atoms. The molecule has 0 radical (unpaired) electrons. The van der Waals surface area contributed by atoms with Gasteiger partial charge in [-0.05, 0) is 37.3 Å². The van der Waals surface area contributed by atoms with Gasteiger partial charge in [0.2, 0.25) is 0 Å². The van der Waals surface area contributed by atoms with Gasteiger partial charge in [0.1, 0.15) is 5.75 Å². The molecule has 1 heterocycles. The summed E-state index contributed by atoms with van der Waals surface area (Å²) >= 11 is 0. The maximum atomic E-state index is 12.1. The van der Waals surface area contributed by atoms with Crippen molar-refractivity contribution in [1.82, 2.24) is 10.2 Å². The van der Waals surface area contributed by atoms with Crippen LogP contribution in [-0.4, -0.2) is 22.2 Å². The van der Waals surface area contributed by atoms with Crippen LogP contribution in [0.15, 0.2) is 54.7 Å². The standard InChI is InChI=1S/C16H15N3O2/c1-11(21-14-5-3-2-4-6-14)16(20)18-13-7-8-15-12(9-13)10-17-19-15/h2-11H,1H3,(H,17,19)(H,18,20). The Morgan fingerprint density at radius 2 is 2.05 bits per heavy atom. The van der Waals surface area contributed by atoms with E-state index in [2.05, 4.69) is 15.5 Å². The fourth-order valence-electron chi connectivity index (χ4n) is 2.02. The number of amides is 1. The SMILES string of the molecule is CC(Oc1ccccc1)C(=O)Nc1ccc2[nH]ncc2c1. The Morgan fingerprint density at radius 3 is 2.86 bits per heavy atom. The number of para-hydroxylation sites is 1. The molecule has 1 aromatic heterocycles. The van der Waals surface area contributed by atoms with Crippen molar-refractivity contribution < 1.29 is 9.53 Å². The Kier molecular flexibility index (Phi) is 3.55. The zero-order valence-electron chi connectivity index (χ0n) is 11.5. The topological polar surface area (TPSA) is 67.0 Å². The Bertz CT molecular complexity index is 752. The van der Waals surface area contributed by atoms with Gasteiger partial charge in [0, 0.05) is 11.1 Å². The molecule has 5 heteroatoms. The lowest BCUT2D eigenvalue weighted by Crippen LogP contribution is -2.30. The minimum Gasteiger partial charge on any atom is -0.481 e. The molecule has 2 aromatic carbocycles. The number of carbonyl (C=O) groups excluding carboxylic acids is 1. The van der Waals surface area contributed by atoms with Crippen molar-refractivity contribution in [2.75, 3.05) is 5.32 Å². The predicted octanol–water partition coefficient (Wildman–Crippen LogP) is 2.97. The Labute approximate surface area is 121 Å². The third-order valence-electron chi connectivity index (χ3n) is 3.13. The van der Waals surface area contributed by atoms with Crippen LogP contribution >= 0.6 is 0 Å². The molecule has 1 atom stereocenters. The van der Waals surface area contributed by atoms with Crippen molar-refractivity contribution in [3.05, 3.63) is 54.7 Å². The van der Waals surface area contributed by atoms with Crippen LogP contribution in [0.2, 0.25) is 0 Å². The highest BCUT2D eigenvalue weighted by molar-refractivity contribution is 5.96. The summed E-state index contributed by atoms with van der Waals surface area (Å²) in [5.41, 5.74) is 1.65. The first-order valence-corrected chi connectivity index (χ1v) is 6.68. The van der Waals surface area contributed by atoms with E-state index >= 15 is 0 Å². The van der Waals surface area contributed by atoms with E-state index in [0.717, 1.165) is 16.6 Å². The third kappa shape index (κ3) is 3.02. The van der Waals surface area contributed by atoms with E-state index in [4.69, 9.17) is 4.74 Å². The van der Waals surface area contributed by atoms with E-state index in [-0.39, 0.29) is 5.91 Å². The molecular formula is C16H15N3O2. The zero-order chi connectivity index (χ0) is 14.7. The predicted molar refractivity (Wildman–Crippen MR) is 81.3 cm³/mol. The van der Waals surface area contributed by atoms with Gasteiger partial charge in [-0.3, -0.25) is 9.89 Å². The molecule has 106 valence electrons. The second-order valence-corrected chi connectivity index (χ2v) is 4.73. The van der Waals surface area contributed by atoms with E-state index in [0.29, 0.717) is 5.75 Å². The number of carbonyl (C=O) groups is 1. The van der Waals surface area contributed by atoms with Gasteiger partial charge in [-0.25, -0.2) is 0 Å². The van der Waals surface area contributed by atoms with Crippen LogP contribution in [0.1, 0.15) is 6.92 Å². The molecule has 0 aliphatic rings. The van der Waals surface area contributed by atoms with Crippen molar-refractivity contribution in [3.8, 4) is 5.75 Å². The second kappa shape index (κ2) is 5.66. The molecule has 0 aliphatic heterocycles. The molecule has 21 heavy (non-hydrogen) atoms. The quantitative estimate of drug-likeness (QED) is 0.772. The minimum atomic E-state index is -0.576. The largest absolute Gasteiger partial charge is 0.481 e. The highest BCUT2D eigenvalue weighted by Crippen LogP contribution is 2.17. The molecule has 2 N–H and O–H groups in total. The molecule has 0 saturated heterocycles. The summed E-state index contributed by atoms with van der Waals surface area (Å²) in [6.07, 6.45) is 1.14. The van der Waals surface area contributed by atoms with Crippen molar-refractivity contribution >= 4 is 22.5 Å². The van der Waals surface area contributed by atoms with E-state index in [9.17, 15) is 4.79 Å². The van der Waals surface area contributed by atoms with Gasteiger partial charge >= 0.3 is 0 Å². The van der Waals surface area contributed by atoms with Crippen LogP contribution in [0, 0.1) is 0 Å². The van der Waals surface area contributed by atoms with Crippen LogP contribution in [-0.2, 0) is 4.79 Å². The summed E-state index contributed by atoms with van der Waals surface area (Å²) in [7, 11) is 0. The van der Waals surface area contributed by atoms with E-state index in [1.54, 1.807) is 13.1 Å². The Hall–Kier alpha value is -2.82. The molecule has 0 fully saturated rings. The molecule has 0 aliphatic carbocycles. The fraction of sp³-hybridized carbons (Fsp3) is 0.125. The van der Waals surface area contributed by atoms with E-state index in [1.807, 2.05) is 48.5 Å². The fourth-order valence-corrected chi connectivity index (χ4v) is 2.02. The van der Waals surface area contributed by atoms with Gasteiger partial charge in [-0.1, -0.05) is 18.2 Å². The summed E-state index contributed by atoms with van der Waals surface area (Å²) in [5, 5.41) is 10.6. The van der Waals surface area contributed by atoms with Crippen LogP contribution in [0.3, 0.4) is 0 Å². The van der Waals surface area contributed by atoms with Crippen molar-refractivity contribution in [2.24, 2.45) is 0 Å². The zero-order valence-corrected chi connectivity index (χ0v) is 11.5. The summed E-state index contributed by atoms with van der Waals surface area (Å²) in [5.74, 6) is 0.479. The average Bonchev–Trinajstić information content (AvgIpc) is 2.95.